The van der Waals surface area contributed by atoms with Crippen LogP contribution in [-0.4, -0.2) is 46.7 Å². The lowest BCUT2D eigenvalue weighted by atomic mass is 10.1. The van der Waals surface area contributed by atoms with Crippen molar-refractivity contribution in [2.45, 2.75) is 6.42 Å². The lowest BCUT2D eigenvalue weighted by molar-refractivity contribution is 0.0595. The Labute approximate surface area is 195 Å². The summed E-state index contributed by atoms with van der Waals surface area (Å²) < 4.78 is 10.1. The van der Waals surface area contributed by atoms with Gasteiger partial charge in [0, 0.05) is 46.4 Å². The number of aromatic amines is 2. The van der Waals surface area contributed by atoms with Crippen molar-refractivity contribution in [1.29, 1.82) is 0 Å². The van der Waals surface area contributed by atoms with Crippen LogP contribution >= 0.6 is 0 Å². The minimum Gasteiger partial charge on any atom is -0.497 e. The van der Waals surface area contributed by atoms with E-state index >= 15 is 0 Å². The lowest BCUT2D eigenvalue weighted by Crippen LogP contribution is -2.08. The standard InChI is InChI=1S/C25H24N6O3/c1-33-18-4-6-21-19(13-18)15(14-28-21)7-9-26-25-27-10-8-23(31-25)29-17-3-5-20-16(11-17)12-22(30-20)24(32)34-2/h3-6,8,10-14,28,30H,7,9H2,1-2H3,(H2,26,27,29,31). The summed E-state index contributed by atoms with van der Waals surface area (Å²) in [6.07, 6.45) is 4.53. The Hall–Kier alpha value is -4.53. The Morgan fingerprint density at radius 1 is 1.06 bits per heavy atom. The average Bonchev–Trinajstić information content (AvgIpc) is 3.47. The predicted molar refractivity (Wildman–Crippen MR) is 132 cm³/mol. The van der Waals surface area contributed by atoms with Crippen molar-refractivity contribution >= 4 is 45.2 Å². The molecular formula is C25H24N6O3. The quantitative estimate of drug-likeness (QED) is 0.252. The van der Waals surface area contributed by atoms with E-state index in [1.807, 2.05) is 42.6 Å². The highest BCUT2D eigenvalue weighted by Crippen LogP contribution is 2.25. The molecular weight excluding hydrogens is 432 g/mol. The lowest BCUT2D eigenvalue weighted by Gasteiger charge is -2.09. The molecule has 34 heavy (non-hydrogen) atoms. The van der Waals surface area contributed by atoms with E-state index in [0.29, 0.717) is 24.0 Å². The number of methoxy groups -OCH3 is 2. The average molecular weight is 457 g/mol. The molecule has 9 heteroatoms. The minimum atomic E-state index is -0.399. The number of H-pyrrole nitrogens is 2. The third kappa shape index (κ3) is 4.36. The summed E-state index contributed by atoms with van der Waals surface area (Å²) in [7, 11) is 3.03. The van der Waals surface area contributed by atoms with Gasteiger partial charge in [0.1, 0.15) is 17.3 Å². The molecule has 0 unspecified atom stereocenters. The number of esters is 1. The van der Waals surface area contributed by atoms with Crippen molar-refractivity contribution in [2.24, 2.45) is 0 Å². The summed E-state index contributed by atoms with van der Waals surface area (Å²) in [6.45, 7) is 0.680. The summed E-state index contributed by atoms with van der Waals surface area (Å²) in [5.41, 5.74) is 4.39. The third-order valence-corrected chi connectivity index (χ3v) is 5.61. The normalized spacial score (nSPS) is 11.0. The molecule has 5 rings (SSSR count). The van der Waals surface area contributed by atoms with Crippen LogP contribution in [-0.2, 0) is 11.2 Å². The molecule has 3 heterocycles. The number of rotatable bonds is 8. The number of aromatic nitrogens is 4. The number of hydrogen-bond acceptors (Lipinski definition) is 7. The first-order chi connectivity index (χ1) is 16.6. The van der Waals surface area contributed by atoms with E-state index in [9.17, 15) is 4.79 Å². The zero-order valence-corrected chi connectivity index (χ0v) is 18.8. The number of ether oxygens (including phenoxy) is 2. The van der Waals surface area contributed by atoms with Gasteiger partial charge in [-0.2, -0.15) is 4.98 Å². The second-order valence-corrected chi connectivity index (χ2v) is 7.77. The summed E-state index contributed by atoms with van der Waals surface area (Å²) in [5.74, 6) is 1.64. The van der Waals surface area contributed by atoms with Crippen molar-refractivity contribution in [3.05, 3.63) is 72.2 Å². The highest BCUT2D eigenvalue weighted by Gasteiger charge is 2.10. The van der Waals surface area contributed by atoms with Gasteiger partial charge in [0.05, 0.1) is 14.2 Å². The molecule has 0 bridgehead atoms. The molecule has 2 aromatic carbocycles. The van der Waals surface area contributed by atoms with Crippen molar-refractivity contribution in [2.75, 3.05) is 31.4 Å². The van der Waals surface area contributed by atoms with Crippen molar-refractivity contribution in [3.8, 4) is 5.75 Å². The van der Waals surface area contributed by atoms with Crippen molar-refractivity contribution < 1.29 is 14.3 Å². The van der Waals surface area contributed by atoms with E-state index in [1.165, 1.54) is 12.7 Å². The zero-order valence-electron chi connectivity index (χ0n) is 18.8. The maximum absolute atomic E-state index is 11.8. The molecule has 4 N–H and O–H groups in total. The van der Waals surface area contributed by atoms with Crippen LogP contribution in [0.25, 0.3) is 21.8 Å². The Morgan fingerprint density at radius 3 is 2.79 bits per heavy atom. The number of carbonyl (C=O) groups is 1. The number of benzene rings is 2. The number of nitrogens with one attached hydrogen (secondary N) is 4. The van der Waals surface area contributed by atoms with Gasteiger partial charge in [0.15, 0.2) is 0 Å². The Morgan fingerprint density at radius 2 is 1.94 bits per heavy atom. The molecule has 0 atom stereocenters. The van der Waals surface area contributed by atoms with Crippen LogP contribution in [0, 0.1) is 0 Å². The molecule has 0 aliphatic rings. The van der Waals surface area contributed by atoms with Crippen LogP contribution in [0.1, 0.15) is 16.1 Å². The molecule has 0 saturated carbocycles. The van der Waals surface area contributed by atoms with Gasteiger partial charge in [-0.15, -0.1) is 0 Å². The van der Waals surface area contributed by atoms with Gasteiger partial charge < -0.3 is 30.1 Å². The van der Waals surface area contributed by atoms with Crippen molar-refractivity contribution in [1.82, 2.24) is 19.9 Å². The molecule has 0 radical (unpaired) electrons. The summed E-state index contributed by atoms with van der Waals surface area (Å²) in [5, 5.41) is 8.62. The second kappa shape index (κ2) is 9.14. The number of nitrogens with zero attached hydrogens (tertiary/aromatic N) is 2. The van der Waals surface area contributed by atoms with Crippen molar-refractivity contribution in [3.63, 3.8) is 0 Å². The van der Waals surface area contributed by atoms with E-state index in [1.54, 1.807) is 25.4 Å². The molecule has 5 aromatic rings. The molecule has 0 spiro atoms. The summed E-state index contributed by atoms with van der Waals surface area (Å²) in [6, 6.07) is 15.3. The van der Waals surface area contributed by atoms with Gasteiger partial charge in [0.2, 0.25) is 5.95 Å². The Bertz CT molecular complexity index is 1470. The van der Waals surface area contributed by atoms with Gasteiger partial charge in [-0.3, -0.25) is 0 Å². The SMILES string of the molecule is COC(=O)c1cc2cc(Nc3ccnc(NCCc4c[nH]c5ccc(OC)cc45)n3)ccc2[nH]1. The van der Waals surface area contributed by atoms with Gasteiger partial charge >= 0.3 is 5.97 Å². The zero-order chi connectivity index (χ0) is 23.5. The van der Waals surface area contributed by atoms with E-state index < -0.39 is 5.97 Å². The first-order valence-electron chi connectivity index (χ1n) is 10.8. The van der Waals surface area contributed by atoms with Crippen LogP contribution in [0.4, 0.5) is 17.5 Å². The minimum absolute atomic E-state index is 0.399. The van der Waals surface area contributed by atoms with Gasteiger partial charge in [0.25, 0.3) is 0 Å². The van der Waals surface area contributed by atoms with Gasteiger partial charge in [-0.1, -0.05) is 0 Å². The molecule has 172 valence electrons. The molecule has 9 nitrogen and oxygen atoms in total. The molecule has 0 aliphatic heterocycles. The van der Waals surface area contributed by atoms with Crippen LogP contribution < -0.4 is 15.4 Å². The number of hydrogen-bond donors (Lipinski definition) is 4. The largest absolute Gasteiger partial charge is 0.497 e. The van der Waals surface area contributed by atoms with E-state index in [0.717, 1.165) is 39.7 Å². The number of anilines is 3. The summed E-state index contributed by atoms with van der Waals surface area (Å²) in [4.78, 5) is 27.0. The number of fused-ring (bicyclic) bond motifs is 2. The maximum atomic E-state index is 11.8. The van der Waals surface area contributed by atoms with Crippen LogP contribution in [0.2, 0.25) is 0 Å². The maximum Gasteiger partial charge on any atom is 0.354 e. The van der Waals surface area contributed by atoms with E-state index in [2.05, 4.69) is 30.6 Å². The third-order valence-electron chi connectivity index (χ3n) is 5.61. The summed E-state index contributed by atoms with van der Waals surface area (Å²) >= 11 is 0. The second-order valence-electron chi connectivity index (χ2n) is 7.77. The predicted octanol–water partition coefficient (Wildman–Crippen LogP) is 4.63. The fourth-order valence-corrected chi connectivity index (χ4v) is 3.89. The van der Waals surface area contributed by atoms with Gasteiger partial charge in [-0.25, -0.2) is 9.78 Å². The highest BCUT2D eigenvalue weighted by molar-refractivity contribution is 5.95. The van der Waals surface area contributed by atoms with Crippen LogP contribution in [0.15, 0.2) is 60.9 Å². The van der Waals surface area contributed by atoms with E-state index in [-0.39, 0.29) is 0 Å². The molecule has 0 saturated heterocycles. The van der Waals surface area contributed by atoms with Gasteiger partial charge in [-0.05, 0) is 60.5 Å². The smallest absolute Gasteiger partial charge is 0.354 e. The molecule has 0 aliphatic carbocycles. The molecule has 0 fully saturated rings. The molecule has 3 aromatic heterocycles. The Balaban J connectivity index is 1.25. The number of carbonyl (C=O) groups excluding carboxylic acids is 1. The molecule has 0 amide bonds. The first-order valence-corrected chi connectivity index (χ1v) is 10.8. The monoisotopic (exact) mass is 456 g/mol. The fraction of sp³-hybridized carbons (Fsp3) is 0.160. The topological polar surface area (TPSA) is 117 Å². The highest BCUT2D eigenvalue weighted by atomic mass is 16.5. The van der Waals surface area contributed by atoms with Crippen LogP contribution in [0.5, 0.6) is 5.75 Å². The Kier molecular flexibility index (Phi) is 5.73. The van der Waals surface area contributed by atoms with Crippen LogP contribution in [0.3, 0.4) is 0 Å². The van der Waals surface area contributed by atoms with E-state index in [4.69, 9.17) is 9.47 Å². The fourth-order valence-electron chi connectivity index (χ4n) is 3.89. The first kappa shape index (κ1) is 21.3.